The number of phenolic OH excluding ortho intramolecular Hbond substituents is 1. The fraction of sp³-hybridized carbons (Fsp3) is 0.121. The van der Waals surface area contributed by atoms with Crippen LogP contribution >= 0.6 is 0 Å². The van der Waals surface area contributed by atoms with Crippen LogP contribution < -0.4 is 9.47 Å². The number of hydrogen-bond donors (Lipinski definition) is 1. The topological polar surface area (TPSA) is 77.4 Å². The Bertz CT molecular complexity index is 1770. The summed E-state index contributed by atoms with van der Waals surface area (Å²) in [7, 11) is 1.69. The molecule has 0 spiro atoms. The van der Waals surface area contributed by atoms with Gasteiger partial charge in [0.2, 0.25) is 0 Å². The Morgan fingerprint density at radius 3 is 1.69 bits per heavy atom. The third kappa shape index (κ3) is 4.40. The van der Waals surface area contributed by atoms with Crippen molar-refractivity contribution in [2.24, 2.45) is 0 Å². The minimum Gasteiger partial charge on any atom is -0.507 e. The standard InChI is InChI=1S/C33H27N3O3/c1-20(2)39-33-35-31(25-16-8-10-18-27(25)37)34-32(36-33)30-23-14-6-4-12-21(23)29(22-13-5-7-15-24(22)30)26-17-9-11-19-28(26)38-3/h4-20,37H,1-3H3. The quantitative estimate of drug-likeness (QED) is 0.230. The molecule has 0 aliphatic heterocycles. The third-order valence-corrected chi connectivity index (χ3v) is 6.63. The summed E-state index contributed by atoms with van der Waals surface area (Å²) in [6, 6.07) is 31.8. The molecule has 0 atom stereocenters. The van der Waals surface area contributed by atoms with E-state index in [1.165, 1.54) is 0 Å². The monoisotopic (exact) mass is 513 g/mol. The van der Waals surface area contributed by atoms with E-state index in [0.29, 0.717) is 17.2 Å². The summed E-state index contributed by atoms with van der Waals surface area (Å²) < 4.78 is 11.7. The molecule has 0 bridgehead atoms. The normalized spacial score (nSPS) is 11.3. The largest absolute Gasteiger partial charge is 0.507 e. The second-order valence-corrected chi connectivity index (χ2v) is 9.49. The van der Waals surface area contributed by atoms with E-state index < -0.39 is 0 Å². The molecule has 1 heterocycles. The SMILES string of the molecule is COc1ccccc1-c1c2ccccc2c(-c2nc(OC(C)C)nc(-c3ccccc3O)n2)c2ccccc12. The number of rotatable bonds is 6. The third-order valence-electron chi connectivity index (χ3n) is 6.63. The van der Waals surface area contributed by atoms with Crippen molar-refractivity contribution < 1.29 is 14.6 Å². The van der Waals surface area contributed by atoms with Crippen LogP contribution in [0.4, 0.5) is 0 Å². The summed E-state index contributed by atoms with van der Waals surface area (Å²) in [5, 5.41) is 14.7. The maximum Gasteiger partial charge on any atom is 0.320 e. The Morgan fingerprint density at radius 1 is 0.590 bits per heavy atom. The molecule has 0 saturated heterocycles. The van der Waals surface area contributed by atoms with Gasteiger partial charge in [0.05, 0.1) is 18.8 Å². The summed E-state index contributed by atoms with van der Waals surface area (Å²) in [5.41, 5.74) is 3.46. The lowest BCUT2D eigenvalue weighted by molar-refractivity contribution is 0.222. The van der Waals surface area contributed by atoms with Gasteiger partial charge < -0.3 is 14.6 Å². The highest BCUT2D eigenvalue weighted by Crippen LogP contribution is 2.45. The molecule has 0 radical (unpaired) electrons. The van der Waals surface area contributed by atoms with Crippen LogP contribution in [0, 0.1) is 0 Å². The molecule has 192 valence electrons. The zero-order valence-electron chi connectivity index (χ0n) is 21.9. The van der Waals surface area contributed by atoms with Crippen molar-refractivity contribution >= 4 is 21.5 Å². The van der Waals surface area contributed by atoms with Crippen molar-refractivity contribution in [2.75, 3.05) is 7.11 Å². The van der Waals surface area contributed by atoms with Crippen molar-refractivity contribution in [1.82, 2.24) is 15.0 Å². The van der Waals surface area contributed by atoms with Gasteiger partial charge in [-0.25, -0.2) is 4.98 Å². The van der Waals surface area contributed by atoms with Gasteiger partial charge in [-0.15, -0.1) is 0 Å². The molecular weight excluding hydrogens is 486 g/mol. The van der Waals surface area contributed by atoms with Crippen molar-refractivity contribution in [3.05, 3.63) is 97.1 Å². The Hall–Kier alpha value is -4.97. The molecule has 0 aliphatic carbocycles. The first-order chi connectivity index (χ1) is 19.0. The first kappa shape index (κ1) is 24.4. The van der Waals surface area contributed by atoms with Gasteiger partial charge in [0.1, 0.15) is 11.5 Å². The molecule has 1 N–H and O–H groups in total. The Kier molecular flexibility index (Phi) is 6.29. The minimum atomic E-state index is -0.140. The lowest BCUT2D eigenvalue weighted by Crippen LogP contribution is -2.10. The number of hydrogen-bond acceptors (Lipinski definition) is 6. The maximum absolute atomic E-state index is 10.6. The van der Waals surface area contributed by atoms with E-state index in [1.54, 1.807) is 25.3 Å². The van der Waals surface area contributed by atoms with Crippen LogP contribution in [0.1, 0.15) is 13.8 Å². The first-order valence-corrected chi connectivity index (χ1v) is 12.8. The fourth-order valence-electron chi connectivity index (χ4n) is 5.03. The van der Waals surface area contributed by atoms with E-state index in [2.05, 4.69) is 35.3 Å². The van der Waals surface area contributed by atoms with E-state index in [-0.39, 0.29) is 17.9 Å². The molecule has 0 aliphatic rings. The van der Waals surface area contributed by atoms with Crippen molar-refractivity contribution in [3.63, 3.8) is 0 Å². The van der Waals surface area contributed by atoms with E-state index >= 15 is 0 Å². The van der Waals surface area contributed by atoms with Gasteiger partial charge in [-0.2, -0.15) is 9.97 Å². The number of benzene rings is 5. The number of fused-ring (bicyclic) bond motifs is 2. The highest BCUT2D eigenvalue weighted by atomic mass is 16.5. The fourth-order valence-corrected chi connectivity index (χ4v) is 5.03. The highest BCUT2D eigenvalue weighted by molar-refractivity contribution is 6.21. The molecule has 6 nitrogen and oxygen atoms in total. The van der Waals surface area contributed by atoms with E-state index in [9.17, 15) is 5.11 Å². The summed E-state index contributed by atoms with van der Waals surface area (Å²) in [5.74, 6) is 1.70. The first-order valence-electron chi connectivity index (χ1n) is 12.8. The predicted molar refractivity (Wildman–Crippen MR) is 155 cm³/mol. The van der Waals surface area contributed by atoms with Gasteiger partial charge in [-0.05, 0) is 53.6 Å². The van der Waals surface area contributed by atoms with Gasteiger partial charge in [-0.1, -0.05) is 78.9 Å². The van der Waals surface area contributed by atoms with Gasteiger partial charge in [0, 0.05) is 16.7 Å². The predicted octanol–water partition coefficient (Wildman–Crippen LogP) is 7.68. The molecule has 0 saturated carbocycles. The number of nitrogens with zero attached hydrogens (tertiary/aromatic N) is 3. The smallest absolute Gasteiger partial charge is 0.320 e. The second-order valence-electron chi connectivity index (χ2n) is 9.49. The van der Waals surface area contributed by atoms with Gasteiger partial charge in [0.25, 0.3) is 0 Å². The highest BCUT2D eigenvalue weighted by Gasteiger charge is 2.22. The zero-order chi connectivity index (χ0) is 26.9. The minimum absolute atomic E-state index is 0.0892. The molecule has 0 unspecified atom stereocenters. The lowest BCUT2D eigenvalue weighted by atomic mass is 9.88. The molecule has 0 fully saturated rings. The Labute approximate surface area is 226 Å². The van der Waals surface area contributed by atoms with Crippen molar-refractivity contribution in [3.8, 4) is 51.4 Å². The van der Waals surface area contributed by atoms with Crippen LogP contribution in [0.5, 0.6) is 17.5 Å². The van der Waals surface area contributed by atoms with E-state index in [4.69, 9.17) is 19.4 Å². The molecule has 0 amide bonds. The second kappa shape index (κ2) is 10.1. The van der Waals surface area contributed by atoms with E-state index in [1.807, 2.05) is 62.4 Å². The van der Waals surface area contributed by atoms with Gasteiger partial charge >= 0.3 is 6.01 Å². The number of phenols is 1. The van der Waals surface area contributed by atoms with Crippen LogP contribution in [0.3, 0.4) is 0 Å². The number of aromatic nitrogens is 3. The summed E-state index contributed by atoms with van der Waals surface area (Å²) in [6.45, 7) is 3.85. The maximum atomic E-state index is 10.6. The molecule has 6 heteroatoms. The number of ether oxygens (including phenoxy) is 2. The molecule has 39 heavy (non-hydrogen) atoms. The summed E-state index contributed by atoms with van der Waals surface area (Å²) in [6.07, 6.45) is -0.140. The van der Waals surface area contributed by atoms with Crippen LogP contribution in [0.15, 0.2) is 97.1 Å². The Balaban J connectivity index is 1.72. The van der Waals surface area contributed by atoms with Gasteiger partial charge in [0.15, 0.2) is 11.6 Å². The molecule has 6 aromatic rings. The van der Waals surface area contributed by atoms with Crippen molar-refractivity contribution in [2.45, 2.75) is 20.0 Å². The van der Waals surface area contributed by atoms with Gasteiger partial charge in [-0.3, -0.25) is 0 Å². The summed E-state index contributed by atoms with van der Waals surface area (Å²) in [4.78, 5) is 14.2. The van der Waals surface area contributed by atoms with Crippen LogP contribution in [-0.4, -0.2) is 33.3 Å². The average molecular weight is 514 g/mol. The molecule has 6 rings (SSSR count). The Morgan fingerprint density at radius 2 is 1.10 bits per heavy atom. The van der Waals surface area contributed by atoms with Crippen molar-refractivity contribution in [1.29, 1.82) is 0 Å². The zero-order valence-corrected chi connectivity index (χ0v) is 21.9. The average Bonchev–Trinajstić information content (AvgIpc) is 2.95. The van der Waals surface area contributed by atoms with Crippen LogP contribution in [0.25, 0.3) is 55.4 Å². The molecular formula is C33H27N3O3. The molecule has 1 aromatic heterocycles. The molecule has 5 aromatic carbocycles. The number of aromatic hydroxyl groups is 1. The van der Waals surface area contributed by atoms with Crippen LogP contribution in [-0.2, 0) is 0 Å². The number of para-hydroxylation sites is 2. The number of methoxy groups -OCH3 is 1. The summed E-state index contributed by atoms with van der Waals surface area (Å²) >= 11 is 0. The van der Waals surface area contributed by atoms with E-state index in [0.717, 1.165) is 44.0 Å². The lowest BCUT2D eigenvalue weighted by Gasteiger charge is -2.19. The van der Waals surface area contributed by atoms with Crippen LogP contribution in [0.2, 0.25) is 0 Å².